The lowest BCUT2D eigenvalue weighted by atomic mass is 10.1. The van der Waals surface area contributed by atoms with Gasteiger partial charge in [-0.25, -0.2) is 0 Å². The normalized spacial score (nSPS) is 10.8. The van der Waals surface area contributed by atoms with Crippen molar-refractivity contribution in [3.8, 4) is 11.5 Å². The zero-order valence-corrected chi connectivity index (χ0v) is 15.9. The third kappa shape index (κ3) is 3.47. The molecule has 3 aromatic carbocycles. The molecule has 5 heteroatoms. The topological polar surface area (TPSA) is 47.4 Å². The van der Waals surface area contributed by atoms with Gasteiger partial charge in [0.2, 0.25) is 0 Å². The zero-order valence-electron chi connectivity index (χ0n) is 15.9. The number of para-hydroxylation sites is 3. The number of ether oxygens (including phenoxy) is 1. The molecule has 1 amide bonds. The van der Waals surface area contributed by atoms with Crippen LogP contribution in [-0.4, -0.2) is 27.6 Å². The molecule has 0 N–H and O–H groups in total. The molecule has 28 heavy (non-hydrogen) atoms. The molecule has 5 nitrogen and oxygen atoms in total. The molecule has 1 heterocycles. The van der Waals surface area contributed by atoms with Crippen LogP contribution < -0.4 is 4.74 Å². The number of nitrogens with zero attached hydrogens (tertiary/aromatic N) is 3. The Hall–Kier alpha value is -3.60. The predicted octanol–water partition coefficient (Wildman–Crippen LogP) is 4.64. The van der Waals surface area contributed by atoms with Crippen LogP contribution in [0.2, 0.25) is 0 Å². The Kier molecular flexibility index (Phi) is 4.81. The van der Waals surface area contributed by atoms with Gasteiger partial charge >= 0.3 is 0 Å². The summed E-state index contributed by atoms with van der Waals surface area (Å²) in [4.78, 5) is 14.8. The highest BCUT2D eigenvalue weighted by atomic mass is 16.5. The average molecular weight is 371 g/mol. The van der Waals surface area contributed by atoms with Crippen LogP contribution in [0.5, 0.6) is 11.5 Å². The molecule has 0 aliphatic rings. The lowest BCUT2D eigenvalue weighted by Crippen LogP contribution is -2.27. The number of carbonyl (C=O) groups excluding carboxylic acids is 1. The molecular weight excluding hydrogens is 350 g/mol. The van der Waals surface area contributed by atoms with Gasteiger partial charge in [-0.15, -0.1) is 0 Å². The molecule has 0 radical (unpaired) electrons. The van der Waals surface area contributed by atoms with E-state index in [4.69, 9.17) is 4.74 Å². The van der Waals surface area contributed by atoms with Crippen LogP contribution in [0.15, 0.2) is 78.9 Å². The van der Waals surface area contributed by atoms with Crippen LogP contribution in [0.4, 0.5) is 0 Å². The van der Waals surface area contributed by atoms with Crippen molar-refractivity contribution >= 4 is 16.8 Å². The van der Waals surface area contributed by atoms with E-state index in [0.717, 1.165) is 16.6 Å². The van der Waals surface area contributed by atoms with Gasteiger partial charge in [-0.2, -0.15) is 5.10 Å². The number of hydrogen-bond donors (Lipinski definition) is 0. The second-order valence-electron chi connectivity index (χ2n) is 6.66. The molecule has 0 saturated heterocycles. The smallest absolute Gasteiger partial charge is 0.257 e. The van der Waals surface area contributed by atoms with E-state index in [0.29, 0.717) is 23.6 Å². The van der Waals surface area contributed by atoms with Crippen molar-refractivity contribution < 1.29 is 9.53 Å². The number of rotatable bonds is 5. The van der Waals surface area contributed by atoms with E-state index in [-0.39, 0.29) is 5.91 Å². The van der Waals surface area contributed by atoms with Crippen molar-refractivity contribution in [2.45, 2.75) is 6.54 Å². The Morgan fingerprint density at radius 3 is 2.46 bits per heavy atom. The largest absolute Gasteiger partial charge is 0.457 e. The van der Waals surface area contributed by atoms with Crippen LogP contribution in [-0.2, 0) is 13.6 Å². The van der Waals surface area contributed by atoms with Gasteiger partial charge in [-0.3, -0.25) is 9.48 Å². The molecular formula is C23H21N3O2. The second kappa shape index (κ2) is 7.56. The molecule has 0 unspecified atom stereocenters. The predicted molar refractivity (Wildman–Crippen MR) is 109 cm³/mol. The third-order valence-corrected chi connectivity index (χ3v) is 4.66. The summed E-state index contributed by atoms with van der Waals surface area (Å²) >= 11 is 0. The summed E-state index contributed by atoms with van der Waals surface area (Å²) in [6, 6.07) is 24.8. The standard InChI is InChI=1S/C23H21N3O2/c1-25(16-20-18-12-6-8-14-21(18)26(2)24-20)23(27)19-13-7-9-15-22(19)28-17-10-4-3-5-11-17/h3-15H,16H2,1-2H3. The summed E-state index contributed by atoms with van der Waals surface area (Å²) in [5.41, 5.74) is 2.44. The number of fused-ring (bicyclic) bond motifs is 1. The minimum atomic E-state index is -0.110. The first-order valence-corrected chi connectivity index (χ1v) is 9.11. The van der Waals surface area contributed by atoms with Crippen molar-refractivity contribution in [2.24, 2.45) is 7.05 Å². The summed E-state index contributed by atoms with van der Waals surface area (Å²) in [6.07, 6.45) is 0. The minimum absolute atomic E-state index is 0.110. The molecule has 0 fully saturated rings. The fourth-order valence-corrected chi connectivity index (χ4v) is 3.26. The van der Waals surface area contributed by atoms with Crippen LogP contribution in [0.3, 0.4) is 0 Å². The minimum Gasteiger partial charge on any atom is -0.457 e. The Morgan fingerprint density at radius 2 is 1.64 bits per heavy atom. The summed E-state index contributed by atoms with van der Waals surface area (Å²) in [5.74, 6) is 1.12. The molecule has 4 rings (SSSR count). The maximum absolute atomic E-state index is 13.1. The number of aromatic nitrogens is 2. The monoisotopic (exact) mass is 371 g/mol. The van der Waals surface area contributed by atoms with Crippen molar-refractivity contribution in [2.75, 3.05) is 7.05 Å². The van der Waals surface area contributed by atoms with E-state index in [2.05, 4.69) is 5.10 Å². The number of aryl methyl sites for hydroxylation is 1. The number of hydrogen-bond acceptors (Lipinski definition) is 3. The third-order valence-electron chi connectivity index (χ3n) is 4.66. The van der Waals surface area contributed by atoms with Gasteiger partial charge in [0.1, 0.15) is 11.5 Å². The van der Waals surface area contributed by atoms with Gasteiger partial charge in [0.05, 0.1) is 23.3 Å². The Balaban J connectivity index is 1.59. The molecule has 1 aromatic heterocycles. The maximum atomic E-state index is 13.1. The van der Waals surface area contributed by atoms with Crippen molar-refractivity contribution in [3.63, 3.8) is 0 Å². The fraction of sp³-hybridized carbons (Fsp3) is 0.130. The van der Waals surface area contributed by atoms with Gasteiger partial charge in [0.15, 0.2) is 0 Å². The summed E-state index contributed by atoms with van der Waals surface area (Å²) in [7, 11) is 3.70. The maximum Gasteiger partial charge on any atom is 0.257 e. The van der Waals surface area contributed by atoms with Gasteiger partial charge in [0.25, 0.3) is 5.91 Å². The Bertz CT molecular complexity index is 1120. The highest BCUT2D eigenvalue weighted by Crippen LogP contribution is 2.27. The molecule has 0 saturated carbocycles. The molecule has 0 aliphatic heterocycles. The highest BCUT2D eigenvalue weighted by molar-refractivity contribution is 5.97. The number of carbonyl (C=O) groups is 1. The second-order valence-corrected chi connectivity index (χ2v) is 6.66. The van der Waals surface area contributed by atoms with E-state index in [1.165, 1.54) is 0 Å². The zero-order chi connectivity index (χ0) is 19.5. The Morgan fingerprint density at radius 1 is 0.964 bits per heavy atom. The summed E-state index contributed by atoms with van der Waals surface area (Å²) in [5, 5.41) is 5.64. The van der Waals surface area contributed by atoms with Crippen LogP contribution >= 0.6 is 0 Å². The van der Waals surface area contributed by atoms with E-state index >= 15 is 0 Å². The van der Waals surface area contributed by atoms with Gasteiger partial charge in [0, 0.05) is 19.5 Å². The first kappa shape index (κ1) is 17.8. The van der Waals surface area contributed by atoms with E-state index in [1.54, 1.807) is 18.0 Å². The first-order chi connectivity index (χ1) is 13.6. The van der Waals surface area contributed by atoms with E-state index in [1.807, 2.05) is 84.5 Å². The van der Waals surface area contributed by atoms with Gasteiger partial charge in [-0.05, 0) is 30.3 Å². The van der Waals surface area contributed by atoms with Gasteiger partial charge in [-0.1, -0.05) is 48.5 Å². The summed E-state index contributed by atoms with van der Waals surface area (Å²) in [6.45, 7) is 0.417. The van der Waals surface area contributed by atoms with Crippen molar-refractivity contribution in [3.05, 3.63) is 90.1 Å². The molecule has 0 atom stereocenters. The highest BCUT2D eigenvalue weighted by Gasteiger charge is 2.19. The average Bonchev–Trinajstić information content (AvgIpc) is 3.04. The molecule has 0 bridgehead atoms. The molecule has 0 spiro atoms. The van der Waals surface area contributed by atoms with Crippen LogP contribution in [0.25, 0.3) is 10.9 Å². The number of benzene rings is 3. The van der Waals surface area contributed by atoms with Crippen molar-refractivity contribution in [1.29, 1.82) is 0 Å². The van der Waals surface area contributed by atoms with Crippen LogP contribution in [0, 0.1) is 0 Å². The molecule has 0 aliphatic carbocycles. The number of amides is 1. The summed E-state index contributed by atoms with van der Waals surface area (Å²) < 4.78 is 7.78. The molecule has 4 aromatic rings. The van der Waals surface area contributed by atoms with Gasteiger partial charge < -0.3 is 9.64 Å². The van der Waals surface area contributed by atoms with E-state index < -0.39 is 0 Å². The first-order valence-electron chi connectivity index (χ1n) is 9.11. The van der Waals surface area contributed by atoms with Crippen LogP contribution in [0.1, 0.15) is 16.1 Å². The Labute approximate surface area is 163 Å². The fourth-order valence-electron chi connectivity index (χ4n) is 3.26. The SMILES string of the molecule is CN(Cc1nn(C)c2ccccc12)C(=O)c1ccccc1Oc1ccccc1. The van der Waals surface area contributed by atoms with E-state index in [9.17, 15) is 4.79 Å². The molecule has 140 valence electrons. The lowest BCUT2D eigenvalue weighted by Gasteiger charge is -2.18. The quantitative estimate of drug-likeness (QED) is 0.513. The van der Waals surface area contributed by atoms with Crippen molar-refractivity contribution in [1.82, 2.24) is 14.7 Å². The lowest BCUT2D eigenvalue weighted by molar-refractivity contribution is 0.0781.